The first-order valence-corrected chi connectivity index (χ1v) is 3.53. The standard InChI is InChI=1S/C7H8N4/c1-2-11-7-4-8-5-9-6(7)3-10-11/h3-5H,2H2,1H3. The fourth-order valence-corrected chi connectivity index (χ4v) is 1.07. The van der Waals surface area contributed by atoms with Crippen molar-refractivity contribution in [2.45, 2.75) is 13.5 Å². The predicted octanol–water partition coefficient (Wildman–Crippen LogP) is 0.846. The molecule has 2 heterocycles. The lowest BCUT2D eigenvalue weighted by atomic mass is 10.5. The molecule has 0 atom stereocenters. The minimum absolute atomic E-state index is 0.858. The lowest BCUT2D eigenvalue weighted by Gasteiger charge is -1.94. The van der Waals surface area contributed by atoms with Gasteiger partial charge in [0, 0.05) is 6.54 Å². The molecule has 0 saturated heterocycles. The third-order valence-corrected chi connectivity index (χ3v) is 1.62. The lowest BCUT2D eigenvalue weighted by molar-refractivity contribution is 0.683. The van der Waals surface area contributed by atoms with Crippen LogP contribution in [0.3, 0.4) is 0 Å². The van der Waals surface area contributed by atoms with Gasteiger partial charge in [0.2, 0.25) is 0 Å². The Hall–Kier alpha value is -1.45. The van der Waals surface area contributed by atoms with Gasteiger partial charge >= 0.3 is 0 Å². The Bertz CT molecular complexity index is 365. The highest BCUT2D eigenvalue weighted by Gasteiger charge is 1.99. The van der Waals surface area contributed by atoms with Gasteiger partial charge in [-0.3, -0.25) is 4.68 Å². The van der Waals surface area contributed by atoms with Crippen molar-refractivity contribution in [3.05, 3.63) is 18.7 Å². The average molecular weight is 148 g/mol. The van der Waals surface area contributed by atoms with Crippen molar-refractivity contribution in [2.75, 3.05) is 0 Å². The van der Waals surface area contributed by atoms with Crippen LogP contribution < -0.4 is 0 Å². The molecule has 0 radical (unpaired) electrons. The Morgan fingerprint density at radius 2 is 2.36 bits per heavy atom. The molecule has 0 fully saturated rings. The van der Waals surface area contributed by atoms with E-state index in [-0.39, 0.29) is 0 Å². The molecule has 0 spiro atoms. The average Bonchev–Trinajstić information content (AvgIpc) is 2.47. The second-order valence-electron chi connectivity index (χ2n) is 2.25. The number of rotatable bonds is 1. The van der Waals surface area contributed by atoms with Crippen LogP contribution in [0.2, 0.25) is 0 Å². The molecule has 4 nitrogen and oxygen atoms in total. The summed E-state index contributed by atoms with van der Waals surface area (Å²) in [6, 6.07) is 0. The van der Waals surface area contributed by atoms with Gasteiger partial charge in [-0.2, -0.15) is 5.10 Å². The second kappa shape index (κ2) is 2.30. The van der Waals surface area contributed by atoms with Crippen LogP contribution in [0.25, 0.3) is 11.0 Å². The highest BCUT2D eigenvalue weighted by molar-refractivity contribution is 5.72. The van der Waals surface area contributed by atoms with E-state index in [1.807, 2.05) is 11.6 Å². The zero-order chi connectivity index (χ0) is 7.68. The van der Waals surface area contributed by atoms with Crippen molar-refractivity contribution in [2.24, 2.45) is 0 Å². The number of aromatic nitrogens is 4. The number of fused-ring (bicyclic) bond motifs is 1. The Morgan fingerprint density at radius 1 is 1.45 bits per heavy atom. The predicted molar refractivity (Wildman–Crippen MR) is 41.0 cm³/mol. The van der Waals surface area contributed by atoms with Gasteiger partial charge in [0.1, 0.15) is 17.4 Å². The van der Waals surface area contributed by atoms with E-state index in [9.17, 15) is 0 Å². The van der Waals surface area contributed by atoms with E-state index in [2.05, 4.69) is 15.1 Å². The second-order valence-corrected chi connectivity index (χ2v) is 2.25. The molecule has 0 bridgehead atoms. The summed E-state index contributed by atoms with van der Waals surface area (Å²) in [5.41, 5.74) is 1.90. The summed E-state index contributed by atoms with van der Waals surface area (Å²) in [4.78, 5) is 7.98. The van der Waals surface area contributed by atoms with Gasteiger partial charge in [0.05, 0.1) is 12.4 Å². The molecule has 0 aromatic carbocycles. The molecule has 0 aliphatic rings. The maximum absolute atomic E-state index is 4.13. The monoisotopic (exact) mass is 148 g/mol. The zero-order valence-electron chi connectivity index (χ0n) is 6.23. The maximum atomic E-state index is 4.13. The molecule has 0 aliphatic heterocycles. The molecule has 2 aromatic rings. The van der Waals surface area contributed by atoms with E-state index >= 15 is 0 Å². The number of hydrogen-bond acceptors (Lipinski definition) is 3. The van der Waals surface area contributed by atoms with Crippen molar-refractivity contribution < 1.29 is 0 Å². The minimum Gasteiger partial charge on any atom is -0.262 e. The summed E-state index contributed by atoms with van der Waals surface area (Å²) in [5, 5.41) is 4.13. The van der Waals surface area contributed by atoms with Crippen LogP contribution in [0.1, 0.15) is 6.92 Å². The Balaban J connectivity index is 2.76. The molecule has 0 N–H and O–H groups in total. The minimum atomic E-state index is 0.858. The van der Waals surface area contributed by atoms with Gasteiger partial charge < -0.3 is 0 Å². The third kappa shape index (κ3) is 0.869. The molecule has 2 aromatic heterocycles. The van der Waals surface area contributed by atoms with Crippen molar-refractivity contribution in [3.63, 3.8) is 0 Å². The van der Waals surface area contributed by atoms with Crippen LogP contribution >= 0.6 is 0 Å². The highest BCUT2D eigenvalue weighted by atomic mass is 15.3. The van der Waals surface area contributed by atoms with Gasteiger partial charge in [-0.05, 0) is 6.92 Å². The van der Waals surface area contributed by atoms with Gasteiger partial charge in [-0.15, -0.1) is 0 Å². The fourth-order valence-electron chi connectivity index (χ4n) is 1.07. The van der Waals surface area contributed by atoms with Crippen molar-refractivity contribution in [1.29, 1.82) is 0 Å². The number of nitrogens with zero attached hydrogens (tertiary/aromatic N) is 4. The fraction of sp³-hybridized carbons (Fsp3) is 0.286. The highest BCUT2D eigenvalue weighted by Crippen LogP contribution is 2.06. The molecular weight excluding hydrogens is 140 g/mol. The van der Waals surface area contributed by atoms with Crippen LogP contribution in [-0.2, 0) is 6.54 Å². The van der Waals surface area contributed by atoms with Gasteiger partial charge in [0.25, 0.3) is 0 Å². The zero-order valence-corrected chi connectivity index (χ0v) is 6.23. The van der Waals surface area contributed by atoms with Crippen LogP contribution in [-0.4, -0.2) is 19.7 Å². The molecule has 0 amide bonds. The van der Waals surface area contributed by atoms with E-state index in [4.69, 9.17) is 0 Å². The Kier molecular flexibility index (Phi) is 1.31. The first-order chi connectivity index (χ1) is 5.42. The molecule has 2 rings (SSSR count). The van der Waals surface area contributed by atoms with E-state index in [0.717, 1.165) is 17.6 Å². The lowest BCUT2D eigenvalue weighted by Crippen LogP contribution is -1.95. The van der Waals surface area contributed by atoms with Crippen molar-refractivity contribution >= 4 is 11.0 Å². The first kappa shape index (κ1) is 6.27. The van der Waals surface area contributed by atoms with Crippen LogP contribution in [0.4, 0.5) is 0 Å². The molecule has 0 unspecified atom stereocenters. The van der Waals surface area contributed by atoms with Gasteiger partial charge in [0.15, 0.2) is 0 Å². The summed E-state index contributed by atoms with van der Waals surface area (Å²) in [5.74, 6) is 0. The summed E-state index contributed by atoms with van der Waals surface area (Å²) in [7, 11) is 0. The molecule has 0 aliphatic carbocycles. The summed E-state index contributed by atoms with van der Waals surface area (Å²) >= 11 is 0. The number of aryl methyl sites for hydroxylation is 1. The summed E-state index contributed by atoms with van der Waals surface area (Å²) < 4.78 is 1.87. The Morgan fingerprint density at radius 3 is 3.18 bits per heavy atom. The summed E-state index contributed by atoms with van der Waals surface area (Å²) in [6.07, 6.45) is 5.06. The van der Waals surface area contributed by atoms with Crippen LogP contribution in [0.15, 0.2) is 18.7 Å². The summed E-state index contributed by atoms with van der Waals surface area (Å²) in [6.45, 7) is 2.90. The SMILES string of the molecule is CCn1ncc2ncncc21. The van der Waals surface area contributed by atoms with Crippen LogP contribution in [0.5, 0.6) is 0 Å². The molecule has 11 heavy (non-hydrogen) atoms. The normalized spacial score (nSPS) is 10.6. The van der Waals surface area contributed by atoms with E-state index in [1.165, 1.54) is 6.33 Å². The number of hydrogen-bond donors (Lipinski definition) is 0. The largest absolute Gasteiger partial charge is 0.262 e. The quantitative estimate of drug-likeness (QED) is 0.602. The van der Waals surface area contributed by atoms with Crippen molar-refractivity contribution in [1.82, 2.24) is 19.7 Å². The van der Waals surface area contributed by atoms with E-state index in [1.54, 1.807) is 12.4 Å². The van der Waals surface area contributed by atoms with Gasteiger partial charge in [-0.25, -0.2) is 9.97 Å². The first-order valence-electron chi connectivity index (χ1n) is 3.53. The third-order valence-electron chi connectivity index (χ3n) is 1.62. The van der Waals surface area contributed by atoms with E-state index in [0.29, 0.717) is 0 Å². The van der Waals surface area contributed by atoms with Crippen molar-refractivity contribution in [3.8, 4) is 0 Å². The molecule has 4 heteroatoms. The smallest absolute Gasteiger partial charge is 0.116 e. The molecular formula is C7H8N4. The maximum Gasteiger partial charge on any atom is 0.116 e. The van der Waals surface area contributed by atoms with E-state index < -0.39 is 0 Å². The Labute approximate surface area is 63.9 Å². The topological polar surface area (TPSA) is 43.6 Å². The molecule has 56 valence electrons. The van der Waals surface area contributed by atoms with Crippen LogP contribution in [0, 0.1) is 0 Å². The van der Waals surface area contributed by atoms with Gasteiger partial charge in [-0.1, -0.05) is 0 Å². The molecule has 0 saturated carbocycles.